The number of nitrogens with zero attached hydrogens (tertiary/aromatic N) is 3. The summed E-state index contributed by atoms with van der Waals surface area (Å²) < 4.78 is 16.4. The molecule has 0 spiro atoms. The summed E-state index contributed by atoms with van der Waals surface area (Å²) in [6, 6.07) is 13.5. The Morgan fingerprint density at radius 1 is 1.17 bits per heavy atom. The maximum atomic E-state index is 13.1. The highest BCUT2D eigenvalue weighted by atomic mass is 32.2. The number of carbonyl (C=O) groups excluding carboxylic acids is 1. The van der Waals surface area contributed by atoms with E-state index in [1.54, 1.807) is 32.4 Å². The van der Waals surface area contributed by atoms with Crippen LogP contribution >= 0.6 is 11.8 Å². The summed E-state index contributed by atoms with van der Waals surface area (Å²) in [5, 5.41) is 8.21. The summed E-state index contributed by atoms with van der Waals surface area (Å²) in [5.74, 6) is 1.62. The molecule has 2 heterocycles. The lowest BCUT2D eigenvalue weighted by molar-refractivity contribution is -0.118. The second kappa shape index (κ2) is 8.39. The second-order valence-electron chi connectivity index (χ2n) is 7.12. The van der Waals surface area contributed by atoms with Crippen molar-refractivity contribution in [2.45, 2.75) is 36.8 Å². The highest BCUT2D eigenvalue weighted by molar-refractivity contribution is 8.00. The maximum absolute atomic E-state index is 13.1. The summed E-state index contributed by atoms with van der Waals surface area (Å²) >= 11 is 1.26. The van der Waals surface area contributed by atoms with Crippen LogP contribution in [0.1, 0.15) is 19.4 Å². The van der Waals surface area contributed by atoms with Crippen LogP contribution in [0.5, 0.6) is 11.5 Å². The average Bonchev–Trinajstić information content (AvgIpc) is 3.36. The molecular formula is C22H23N3O4S. The molecule has 1 aromatic heterocycles. The van der Waals surface area contributed by atoms with Gasteiger partial charge in [0.2, 0.25) is 11.8 Å². The number of aromatic nitrogens is 2. The van der Waals surface area contributed by atoms with Gasteiger partial charge >= 0.3 is 0 Å². The summed E-state index contributed by atoms with van der Waals surface area (Å²) in [5.41, 5.74) is 2.87. The number of hydrogen-bond acceptors (Lipinski definition) is 7. The molecule has 1 aliphatic rings. The fourth-order valence-electron chi connectivity index (χ4n) is 3.60. The van der Waals surface area contributed by atoms with Gasteiger partial charge in [0.05, 0.1) is 19.5 Å². The lowest BCUT2D eigenvalue weighted by Gasteiger charge is -2.25. The van der Waals surface area contributed by atoms with Gasteiger partial charge in [-0.1, -0.05) is 30.0 Å². The van der Waals surface area contributed by atoms with Crippen LogP contribution in [-0.2, 0) is 11.2 Å². The topological polar surface area (TPSA) is 77.7 Å². The molecule has 2 unspecified atom stereocenters. The van der Waals surface area contributed by atoms with Crippen molar-refractivity contribution >= 4 is 23.4 Å². The summed E-state index contributed by atoms with van der Waals surface area (Å²) in [6.07, 6.45) is 0.863. The van der Waals surface area contributed by atoms with Crippen molar-refractivity contribution in [2.75, 3.05) is 19.1 Å². The van der Waals surface area contributed by atoms with E-state index >= 15 is 0 Å². The van der Waals surface area contributed by atoms with Gasteiger partial charge in [0.15, 0.2) is 0 Å². The number of carbonyl (C=O) groups is 1. The Morgan fingerprint density at radius 3 is 2.57 bits per heavy atom. The normalized spacial score (nSPS) is 16.3. The molecule has 0 bridgehead atoms. The molecular weight excluding hydrogens is 402 g/mol. The number of rotatable bonds is 6. The molecule has 2 atom stereocenters. The molecule has 8 heteroatoms. The summed E-state index contributed by atoms with van der Waals surface area (Å²) in [4.78, 5) is 15.0. The number of hydrogen-bond donors (Lipinski definition) is 0. The molecule has 30 heavy (non-hydrogen) atoms. The van der Waals surface area contributed by atoms with Crippen molar-refractivity contribution < 1.29 is 18.7 Å². The van der Waals surface area contributed by atoms with Gasteiger partial charge in [0, 0.05) is 23.4 Å². The van der Waals surface area contributed by atoms with Gasteiger partial charge in [0.1, 0.15) is 11.5 Å². The van der Waals surface area contributed by atoms with E-state index in [1.807, 2.05) is 30.0 Å². The Kier molecular flexibility index (Phi) is 5.67. The minimum atomic E-state index is -0.369. The van der Waals surface area contributed by atoms with E-state index in [-0.39, 0.29) is 17.2 Å². The minimum Gasteiger partial charge on any atom is -0.497 e. The molecule has 1 aliphatic heterocycles. The number of methoxy groups -OCH3 is 2. The number of fused-ring (bicyclic) bond motifs is 1. The highest BCUT2D eigenvalue weighted by Gasteiger charge is 2.34. The molecule has 0 aliphatic carbocycles. The third kappa shape index (κ3) is 3.87. The molecule has 4 rings (SSSR count). The van der Waals surface area contributed by atoms with Gasteiger partial charge in [-0.05, 0) is 44.0 Å². The standard InChI is InChI=1S/C22H23N3O4S/c1-13-9-15-7-5-6-8-19(15)25(13)21(26)14(2)30-22-24-23-20(29-22)16-10-17(27-3)12-18(11-16)28-4/h5-8,10-14H,9H2,1-4H3. The van der Waals surface area contributed by atoms with Crippen LogP contribution in [0.2, 0.25) is 0 Å². The van der Waals surface area contributed by atoms with E-state index in [1.165, 1.54) is 17.3 Å². The first kappa shape index (κ1) is 20.3. The zero-order valence-corrected chi connectivity index (χ0v) is 18.1. The van der Waals surface area contributed by atoms with Crippen LogP contribution in [-0.4, -0.2) is 41.6 Å². The van der Waals surface area contributed by atoms with E-state index in [0.717, 1.165) is 12.1 Å². The van der Waals surface area contributed by atoms with Crippen molar-refractivity contribution in [1.82, 2.24) is 10.2 Å². The van der Waals surface area contributed by atoms with Crippen LogP contribution in [0.4, 0.5) is 5.69 Å². The average molecular weight is 426 g/mol. The van der Waals surface area contributed by atoms with Crippen molar-refractivity contribution in [1.29, 1.82) is 0 Å². The van der Waals surface area contributed by atoms with Gasteiger partial charge in [-0.3, -0.25) is 4.79 Å². The molecule has 2 aromatic carbocycles. The van der Waals surface area contributed by atoms with Crippen molar-refractivity contribution in [2.24, 2.45) is 0 Å². The first-order valence-electron chi connectivity index (χ1n) is 9.64. The molecule has 3 aromatic rings. The zero-order chi connectivity index (χ0) is 21.3. The fraction of sp³-hybridized carbons (Fsp3) is 0.318. The molecule has 0 saturated carbocycles. The Balaban J connectivity index is 1.51. The van der Waals surface area contributed by atoms with Crippen LogP contribution in [0.15, 0.2) is 52.1 Å². The number of ether oxygens (including phenoxy) is 2. The van der Waals surface area contributed by atoms with Gasteiger partial charge < -0.3 is 18.8 Å². The lowest BCUT2D eigenvalue weighted by atomic mass is 10.1. The summed E-state index contributed by atoms with van der Waals surface area (Å²) in [6.45, 7) is 3.93. The van der Waals surface area contributed by atoms with E-state index < -0.39 is 0 Å². The number of thioether (sulfide) groups is 1. The number of amides is 1. The Hall–Kier alpha value is -3.00. The molecule has 0 N–H and O–H groups in total. The van der Waals surface area contributed by atoms with E-state index in [4.69, 9.17) is 13.9 Å². The van der Waals surface area contributed by atoms with Crippen molar-refractivity contribution in [3.05, 3.63) is 48.0 Å². The minimum absolute atomic E-state index is 0.0280. The quantitative estimate of drug-likeness (QED) is 0.548. The van der Waals surface area contributed by atoms with Crippen molar-refractivity contribution in [3.8, 4) is 23.0 Å². The van der Waals surface area contributed by atoms with Gasteiger partial charge in [-0.2, -0.15) is 0 Å². The van der Waals surface area contributed by atoms with Gasteiger partial charge in [0.25, 0.3) is 5.22 Å². The third-order valence-corrected chi connectivity index (χ3v) is 6.00. The molecule has 0 saturated heterocycles. The third-order valence-electron chi connectivity index (χ3n) is 5.07. The van der Waals surface area contributed by atoms with Crippen LogP contribution in [0.25, 0.3) is 11.5 Å². The van der Waals surface area contributed by atoms with E-state index in [0.29, 0.717) is 28.2 Å². The Labute approximate surface area is 179 Å². The highest BCUT2D eigenvalue weighted by Crippen LogP contribution is 2.35. The predicted octanol–water partition coefficient (Wildman–Crippen LogP) is 4.21. The summed E-state index contributed by atoms with van der Waals surface area (Å²) in [7, 11) is 3.16. The lowest BCUT2D eigenvalue weighted by Crippen LogP contribution is -2.40. The molecule has 0 fully saturated rings. The number of para-hydroxylation sites is 1. The first-order chi connectivity index (χ1) is 14.5. The van der Waals surface area contributed by atoms with Gasteiger partial charge in [-0.25, -0.2) is 0 Å². The van der Waals surface area contributed by atoms with Crippen LogP contribution in [0.3, 0.4) is 0 Å². The van der Waals surface area contributed by atoms with Crippen molar-refractivity contribution in [3.63, 3.8) is 0 Å². The number of benzene rings is 2. The Bertz CT molecular complexity index is 1050. The fourth-order valence-corrected chi connectivity index (χ4v) is 4.34. The van der Waals surface area contributed by atoms with Crippen LogP contribution in [0, 0.1) is 0 Å². The second-order valence-corrected chi connectivity index (χ2v) is 8.42. The smallest absolute Gasteiger partial charge is 0.277 e. The maximum Gasteiger partial charge on any atom is 0.277 e. The monoisotopic (exact) mass is 425 g/mol. The number of anilines is 1. The van der Waals surface area contributed by atoms with Crippen LogP contribution < -0.4 is 14.4 Å². The van der Waals surface area contributed by atoms with E-state index in [9.17, 15) is 4.79 Å². The molecule has 1 amide bonds. The molecule has 7 nitrogen and oxygen atoms in total. The largest absolute Gasteiger partial charge is 0.497 e. The SMILES string of the molecule is COc1cc(OC)cc(-c2nnc(SC(C)C(=O)N3c4ccccc4CC3C)o2)c1. The predicted molar refractivity (Wildman–Crippen MR) is 115 cm³/mol. The van der Waals surface area contributed by atoms with Gasteiger partial charge in [-0.15, -0.1) is 10.2 Å². The van der Waals surface area contributed by atoms with E-state index in [2.05, 4.69) is 23.2 Å². The first-order valence-corrected chi connectivity index (χ1v) is 10.5. The molecule has 156 valence electrons. The molecule has 0 radical (unpaired) electrons. The Morgan fingerprint density at radius 2 is 1.87 bits per heavy atom. The zero-order valence-electron chi connectivity index (χ0n) is 17.3.